The Balaban J connectivity index is 1.70. The Bertz CT molecular complexity index is 1480. The lowest BCUT2D eigenvalue weighted by Gasteiger charge is -2.21. The first-order chi connectivity index (χ1) is 17.3. The van der Waals surface area contributed by atoms with Gasteiger partial charge in [0.05, 0.1) is 23.2 Å². The Hall–Kier alpha value is -4.33. The number of nitrogens with one attached hydrogen (secondary N) is 1. The van der Waals surface area contributed by atoms with Crippen LogP contribution in [0.4, 0.5) is 5.95 Å². The molecule has 1 atom stereocenters. The second-order valence-electron chi connectivity index (χ2n) is 9.04. The number of ether oxygens (including phenoxy) is 1. The summed E-state index contributed by atoms with van der Waals surface area (Å²) in [5, 5.41) is 11.4. The van der Waals surface area contributed by atoms with Gasteiger partial charge >= 0.3 is 5.91 Å². The molecule has 3 heterocycles. The molecule has 5 rings (SSSR count). The van der Waals surface area contributed by atoms with E-state index in [1.54, 1.807) is 37.3 Å². The van der Waals surface area contributed by atoms with E-state index >= 15 is 0 Å². The molecule has 1 unspecified atom stereocenters. The first-order valence-electron chi connectivity index (χ1n) is 11.9. The van der Waals surface area contributed by atoms with Crippen molar-refractivity contribution in [1.82, 2.24) is 9.97 Å². The average Bonchev–Trinajstić information content (AvgIpc) is 3.55. The van der Waals surface area contributed by atoms with Crippen LogP contribution in [0.25, 0.3) is 16.8 Å². The molecular weight excluding hydrogens is 458 g/mol. The zero-order chi connectivity index (χ0) is 25.6. The van der Waals surface area contributed by atoms with Gasteiger partial charge in [0.25, 0.3) is 5.78 Å². The van der Waals surface area contributed by atoms with E-state index in [1.165, 1.54) is 4.90 Å². The maximum Gasteiger partial charge on any atom is 0.302 e. The monoisotopic (exact) mass is 485 g/mol. The number of Topliss-reactive ketones (excluding diaryl/α,β-unsaturated/α-hetero) is 1. The number of rotatable bonds is 6. The molecule has 1 amide bonds. The van der Waals surface area contributed by atoms with Crippen molar-refractivity contribution in [3.05, 3.63) is 82.8 Å². The topological polar surface area (TPSA) is 109 Å². The van der Waals surface area contributed by atoms with Crippen LogP contribution in [-0.4, -0.2) is 33.4 Å². The number of aromatic amines is 1. The van der Waals surface area contributed by atoms with Crippen LogP contribution in [0.1, 0.15) is 55.4 Å². The van der Waals surface area contributed by atoms with Crippen molar-refractivity contribution < 1.29 is 23.8 Å². The van der Waals surface area contributed by atoms with E-state index in [1.807, 2.05) is 45.0 Å². The van der Waals surface area contributed by atoms with Gasteiger partial charge in [0.2, 0.25) is 5.95 Å². The van der Waals surface area contributed by atoms with E-state index in [0.717, 1.165) is 11.1 Å². The number of benzene rings is 2. The summed E-state index contributed by atoms with van der Waals surface area (Å²) < 4.78 is 11.6. The average molecular weight is 486 g/mol. The van der Waals surface area contributed by atoms with Crippen molar-refractivity contribution in [2.75, 3.05) is 11.5 Å². The summed E-state index contributed by atoms with van der Waals surface area (Å²) in [6, 6.07) is 15.1. The maximum absolute atomic E-state index is 13.4. The minimum absolute atomic E-state index is 0.0614. The number of hydrogen-bond acceptors (Lipinski definition) is 6. The quantitative estimate of drug-likeness (QED) is 0.209. The Morgan fingerprint density at radius 3 is 2.61 bits per heavy atom. The number of aromatic nitrogens is 2. The first kappa shape index (κ1) is 23.4. The van der Waals surface area contributed by atoms with Gasteiger partial charge in [-0.3, -0.25) is 14.5 Å². The minimum atomic E-state index is -0.992. The largest absolute Gasteiger partial charge is 0.507 e. The Morgan fingerprint density at radius 2 is 1.94 bits per heavy atom. The number of carbonyl (C=O) groups is 2. The highest BCUT2D eigenvalue weighted by atomic mass is 16.5. The van der Waals surface area contributed by atoms with Gasteiger partial charge in [-0.15, -0.1) is 0 Å². The van der Waals surface area contributed by atoms with Gasteiger partial charge in [0, 0.05) is 5.56 Å². The van der Waals surface area contributed by atoms with Gasteiger partial charge in [0.15, 0.2) is 0 Å². The van der Waals surface area contributed by atoms with Gasteiger partial charge in [-0.25, -0.2) is 4.98 Å². The molecule has 2 aromatic carbocycles. The number of H-pyrrole nitrogens is 1. The van der Waals surface area contributed by atoms with Crippen LogP contribution in [0.5, 0.6) is 5.75 Å². The number of fused-ring (bicyclic) bond motifs is 1. The third kappa shape index (κ3) is 3.84. The molecule has 0 radical (unpaired) electrons. The number of ketones is 1. The number of para-hydroxylation sites is 2. The third-order valence-electron chi connectivity index (χ3n) is 6.29. The highest BCUT2D eigenvalue weighted by molar-refractivity contribution is 6.51. The molecule has 1 saturated heterocycles. The smallest absolute Gasteiger partial charge is 0.302 e. The summed E-state index contributed by atoms with van der Waals surface area (Å²) in [7, 11) is 0. The number of aliphatic hydroxyl groups is 1. The van der Waals surface area contributed by atoms with Crippen LogP contribution in [0.2, 0.25) is 0 Å². The molecular formula is C28H27N3O5. The molecule has 184 valence electrons. The molecule has 2 N–H and O–H groups in total. The van der Waals surface area contributed by atoms with Gasteiger partial charge in [-0.1, -0.05) is 26.0 Å². The Kier molecular flexibility index (Phi) is 5.88. The van der Waals surface area contributed by atoms with Crippen molar-refractivity contribution in [1.29, 1.82) is 0 Å². The first-order valence-corrected chi connectivity index (χ1v) is 11.9. The van der Waals surface area contributed by atoms with Crippen molar-refractivity contribution >= 4 is 34.4 Å². The molecule has 0 bridgehead atoms. The summed E-state index contributed by atoms with van der Waals surface area (Å²) in [4.78, 5) is 35.6. The van der Waals surface area contributed by atoms with E-state index in [-0.39, 0.29) is 23.2 Å². The van der Waals surface area contributed by atoms with E-state index in [9.17, 15) is 14.7 Å². The predicted octanol–water partition coefficient (Wildman–Crippen LogP) is 5.61. The fraction of sp³-hybridized carbons (Fsp3) is 0.250. The number of furan rings is 1. The van der Waals surface area contributed by atoms with Gasteiger partial charge < -0.3 is 19.2 Å². The molecule has 0 aliphatic carbocycles. The lowest BCUT2D eigenvalue weighted by Crippen LogP contribution is -2.30. The molecule has 36 heavy (non-hydrogen) atoms. The molecule has 1 fully saturated rings. The van der Waals surface area contributed by atoms with Crippen LogP contribution in [0.3, 0.4) is 0 Å². The summed E-state index contributed by atoms with van der Waals surface area (Å²) in [6.45, 7) is 8.23. The molecule has 1 aliphatic rings. The molecule has 0 saturated carbocycles. The lowest BCUT2D eigenvalue weighted by molar-refractivity contribution is -0.132. The standard InChI is InChI=1S/C28H27N3O5/c1-5-35-21-13-11-17(14-18(21)15(2)3)25(32)23-24(22-12-10-16(4)36-22)31(27(34)26(23)33)28-29-19-8-6-7-9-20(19)30-28/h6-15,24,32H,5H2,1-4H3,(H,29,30)/b25-23+. The fourth-order valence-electron chi connectivity index (χ4n) is 4.56. The van der Waals surface area contributed by atoms with Crippen molar-refractivity contribution in [2.24, 2.45) is 0 Å². The van der Waals surface area contributed by atoms with Crippen LogP contribution in [0, 0.1) is 6.92 Å². The SMILES string of the molecule is CCOc1ccc(/C(O)=C2\C(=O)C(=O)N(c3nc4ccccc4[nH]3)C2c2ccc(C)o2)cc1C(C)C. The van der Waals surface area contributed by atoms with E-state index in [2.05, 4.69) is 9.97 Å². The molecule has 1 aliphatic heterocycles. The van der Waals surface area contributed by atoms with Crippen LogP contribution in [0.15, 0.2) is 64.6 Å². The molecule has 0 spiro atoms. The van der Waals surface area contributed by atoms with Crippen molar-refractivity contribution in [2.45, 2.75) is 39.7 Å². The number of hydrogen-bond donors (Lipinski definition) is 2. The minimum Gasteiger partial charge on any atom is -0.507 e. The number of aryl methyl sites for hydroxylation is 1. The number of aliphatic hydroxyl groups excluding tert-OH is 1. The molecule has 8 nitrogen and oxygen atoms in total. The molecule has 4 aromatic rings. The predicted molar refractivity (Wildman–Crippen MR) is 136 cm³/mol. The Labute approximate surface area is 208 Å². The number of anilines is 1. The van der Waals surface area contributed by atoms with Crippen LogP contribution in [-0.2, 0) is 9.59 Å². The van der Waals surface area contributed by atoms with Gasteiger partial charge in [-0.05, 0) is 67.8 Å². The van der Waals surface area contributed by atoms with E-state index in [0.29, 0.717) is 35.0 Å². The second-order valence-corrected chi connectivity index (χ2v) is 9.04. The second kappa shape index (κ2) is 9.03. The van der Waals surface area contributed by atoms with Gasteiger partial charge in [0.1, 0.15) is 29.1 Å². The lowest BCUT2D eigenvalue weighted by atomic mass is 9.95. The number of carbonyl (C=O) groups excluding carboxylic acids is 2. The van der Waals surface area contributed by atoms with E-state index in [4.69, 9.17) is 9.15 Å². The zero-order valence-corrected chi connectivity index (χ0v) is 20.5. The summed E-state index contributed by atoms with van der Waals surface area (Å²) in [5.41, 5.74) is 2.61. The summed E-state index contributed by atoms with van der Waals surface area (Å²) >= 11 is 0. The van der Waals surface area contributed by atoms with Crippen molar-refractivity contribution in [3.8, 4) is 5.75 Å². The zero-order valence-electron chi connectivity index (χ0n) is 20.5. The highest BCUT2D eigenvalue weighted by Crippen LogP contribution is 2.43. The van der Waals surface area contributed by atoms with E-state index < -0.39 is 17.7 Å². The van der Waals surface area contributed by atoms with Crippen molar-refractivity contribution in [3.63, 3.8) is 0 Å². The van der Waals surface area contributed by atoms with Gasteiger partial charge in [-0.2, -0.15) is 0 Å². The third-order valence-corrected chi connectivity index (χ3v) is 6.29. The number of nitrogens with zero attached hydrogens (tertiary/aromatic N) is 2. The summed E-state index contributed by atoms with van der Waals surface area (Å²) in [6.07, 6.45) is 0. The number of imidazole rings is 1. The molecule has 2 aromatic heterocycles. The fourth-order valence-corrected chi connectivity index (χ4v) is 4.56. The summed E-state index contributed by atoms with van der Waals surface area (Å²) in [5.74, 6) is 0.0939. The highest BCUT2D eigenvalue weighted by Gasteiger charge is 2.49. The van der Waals surface area contributed by atoms with Crippen LogP contribution < -0.4 is 9.64 Å². The normalized spacial score (nSPS) is 17.5. The van der Waals surface area contributed by atoms with Crippen LogP contribution >= 0.6 is 0 Å². The molecule has 8 heteroatoms. The maximum atomic E-state index is 13.4. The Morgan fingerprint density at radius 1 is 1.17 bits per heavy atom. The number of amides is 1.